The highest BCUT2D eigenvalue weighted by Gasteiger charge is 2.30. The molecule has 0 amide bonds. The molecule has 2 atom stereocenters. The number of aromatic nitrogens is 2. The first-order valence-corrected chi connectivity index (χ1v) is 9.61. The standard InChI is InChI=1S/C21H26FN3O2/c1-13-8-16(10-19(23-13)26-3)9-15-4-6-25(12-15)14(2)20-18(22)11-17-5-7-27-21(17)24-20/h8,10-11,14-15H,4-7,9,12H2,1-3H3/t14-,15?/m0/s1. The van der Waals surface area contributed by atoms with Gasteiger partial charge in [-0.05, 0) is 56.8 Å². The Labute approximate surface area is 159 Å². The molecule has 2 aromatic rings. The van der Waals surface area contributed by atoms with Crippen LogP contribution in [0.2, 0.25) is 0 Å². The van der Waals surface area contributed by atoms with Gasteiger partial charge in [0.25, 0.3) is 0 Å². The molecule has 2 aliphatic heterocycles. The minimum absolute atomic E-state index is 0.0572. The summed E-state index contributed by atoms with van der Waals surface area (Å²) in [5.41, 5.74) is 3.59. The number of nitrogens with zero attached hydrogens (tertiary/aromatic N) is 3. The molecule has 0 aromatic carbocycles. The first-order valence-electron chi connectivity index (χ1n) is 9.61. The molecule has 0 radical (unpaired) electrons. The summed E-state index contributed by atoms with van der Waals surface area (Å²) in [5, 5.41) is 0. The van der Waals surface area contributed by atoms with Crippen molar-refractivity contribution in [2.75, 3.05) is 26.8 Å². The van der Waals surface area contributed by atoms with Crippen molar-refractivity contribution in [3.63, 3.8) is 0 Å². The van der Waals surface area contributed by atoms with Crippen LogP contribution in [0.25, 0.3) is 0 Å². The van der Waals surface area contributed by atoms with Crippen LogP contribution in [0.5, 0.6) is 11.8 Å². The molecular formula is C21H26FN3O2. The summed E-state index contributed by atoms with van der Waals surface area (Å²) < 4.78 is 25.4. The summed E-state index contributed by atoms with van der Waals surface area (Å²) in [4.78, 5) is 11.2. The zero-order valence-corrected chi connectivity index (χ0v) is 16.2. The molecule has 0 N–H and O–H groups in total. The molecule has 6 heteroatoms. The van der Waals surface area contributed by atoms with Gasteiger partial charge in [0.15, 0.2) is 0 Å². The van der Waals surface area contributed by atoms with Crippen LogP contribution < -0.4 is 9.47 Å². The minimum Gasteiger partial charge on any atom is -0.481 e. The second-order valence-corrected chi connectivity index (χ2v) is 7.61. The van der Waals surface area contributed by atoms with Gasteiger partial charge in [-0.1, -0.05) is 0 Å². The number of rotatable bonds is 5. The van der Waals surface area contributed by atoms with Crippen LogP contribution in [0.3, 0.4) is 0 Å². The Kier molecular flexibility index (Phi) is 5.00. The average Bonchev–Trinajstić information content (AvgIpc) is 3.28. The number of aryl methyl sites for hydroxylation is 1. The fourth-order valence-electron chi connectivity index (χ4n) is 4.19. The van der Waals surface area contributed by atoms with E-state index in [9.17, 15) is 4.39 Å². The van der Waals surface area contributed by atoms with Crippen molar-refractivity contribution in [3.8, 4) is 11.8 Å². The smallest absolute Gasteiger partial charge is 0.217 e. The van der Waals surface area contributed by atoms with Gasteiger partial charge in [-0.2, -0.15) is 0 Å². The highest BCUT2D eigenvalue weighted by atomic mass is 19.1. The third kappa shape index (κ3) is 3.76. The van der Waals surface area contributed by atoms with Crippen molar-refractivity contribution < 1.29 is 13.9 Å². The van der Waals surface area contributed by atoms with Gasteiger partial charge in [-0.15, -0.1) is 0 Å². The summed E-state index contributed by atoms with van der Waals surface area (Å²) in [7, 11) is 1.65. The molecule has 5 nitrogen and oxygen atoms in total. The van der Waals surface area contributed by atoms with E-state index in [1.807, 2.05) is 19.9 Å². The summed E-state index contributed by atoms with van der Waals surface area (Å²) >= 11 is 0. The van der Waals surface area contributed by atoms with E-state index >= 15 is 0 Å². The molecule has 2 aromatic heterocycles. The van der Waals surface area contributed by atoms with Crippen LogP contribution in [0.4, 0.5) is 4.39 Å². The monoisotopic (exact) mass is 371 g/mol. The van der Waals surface area contributed by atoms with Gasteiger partial charge in [-0.25, -0.2) is 14.4 Å². The van der Waals surface area contributed by atoms with Crippen molar-refractivity contribution in [3.05, 3.63) is 46.5 Å². The van der Waals surface area contributed by atoms with E-state index in [1.165, 1.54) is 5.56 Å². The van der Waals surface area contributed by atoms with Crippen molar-refractivity contribution in [2.45, 2.75) is 39.2 Å². The fraction of sp³-hybridized carbons (Fsp3) is 0.524. The molecule has 1 fully saturated rings. The number of fused-ring (bicyclic) bond motifs is 1. The normalized spacial score (nSPS) is 20.4. The summed E-state index contributed by atoms with van der Waals surface area (Å²) in [5.74, 6) is 1.59. The Bertz CT molecular complexity index is 842. The third-order valence-corrected chi connectivity index (χ3v) is 5.64. The maximum atomic E-state index is 14.6. The fourth-order valence-corrected chi connectivity index (χ4v) is 4.19. The molecule has 27 heavy (non-hydrogen) atoms. The van der Waals surface area contributed by atoms with E-state index < -0.39 is 0 Å². The van der Waals surface area contributed by atoms with E-state index in [-0.39, 0.29) is 11.9 Å². The average molecular weight is 371 g/mol. The lowest BCUT2D eigenvalue weighted by atomic mass is 9.99. The first kappa shape index (κ1) is 18.2. The zero-order valence-electron chi connectivity index (χ0n) is 16.2. The molecule has 4 rings (SSSR count). The van der Waals surface area contributed by atoms with Crippen molar-refractivity contribution in [1.82, 2.24) is 14.9 Å². The van der Waals surface area contributed by atoms with Crippen LogP contribution in [-0.4, -0.2) is 41.7 Å². The summed E-state index contributed by atoms with van der Waals surface area (Å²) in [6, 6.07) is 5.67. The van der Waals surface area contributed by atoms with E-state index in [1.54, 1.807) is 13.2 Å². The maximum absolute atomic E-state index is 14.6. The molecule has 2 aliphatic rings. The van der Waals surface area contributed by atoms with Gasteiger partial charge in [0.05, 0.1) is 25.5 Å². The van der Waals surface area contributed by atoms with Gasteiger partial charge in [0.1, 0.15) is 5.82 Å². The Morgan fingerprint density at radius 1 is 1.33 bits per heavy atom. The first-order chi connectivity index (χ1) is 13.0. The zero-order chi connectivity index (χ0) is 19.0. The molecule has 0 spiro atoms. The second kappa shape index (κ2) is 7.43. The topological polar surface area (TPSA) is 47.5 Å². The lowest BCUT2D eigenvalue weighted by Crippen LogP contribution is -2.26. The predicted molar refractivity (Wildman–Crippen MR) is 101 cm³/mol. The number of methoxy groups -OCH3 is 1. The largest absolute Gasteiger partial charge is 0.481 e. The molecular weight excluding hydrogens is 345 g/mol. The summed E-state index contributed by atoms with van der Waals surface area (Å²) in [6.45, 7) is 6.50. The second-order valence-electron chi connectivity index (χ2n) is 7.61. The number of hydrogen-bond donors (Lipinski definition) is 0. The molecule has 4 heterocycles. The van der Waals surface area contributed by atoms with Gasteiger partial charge in [0, 0.05) is 30.3 Å². The van der Waals surface area contributed by atoms with Gasteiger partial charge in [0.2, 0.25) is 11.8 Å². The van der Waals surface area contributed by atoms with Crippen LogP contribution in [0.1, 0.15) is 41.9 Å². The van der Waals surface area contributed by atoms with E-state index in [2.05, 4.69) is 20.9 Å². The molecule has 0 bridgehead atoms. The van der Waals surface area contributed by atoms with E-state index in [4.69, 9.17) is 9.47 Å². The third-order valence-electron chi connectivity index (χ3n) is 5.64. The number of likely N-dealkylation sites (tertiary alicyclic amines) is 1. The molecule has 1 unspecified atom stereocenters. The molecule has 144 valence electrons. The van der Waals surface area contributed by atoms with Crippen molar-refractivity contribution in [1.29, 1.82) is 0 Å². The van der Waals surface area contributed by atoms with Crippen LogP contribution >= 0.6 is 0 Å². The Balaban J connectivity index is 1.44. The highest BCUT2D eigenvalue weighted by Crippen LogP contribution is 2.33. The molecule has 0 aliphatic carbocycles. The van der Waals surface area contributed by atoms with Crippen molar-refractivity contribution >= 4 is 0 Å². The molecule has 1 saturated heterocycles. The van der Waals surface area contributed by atoms with Gasteiger partial charge >= 0.3 is 0 Å². The summed E-state index contributed by atoms with van der Waals surface area (Å²) in [6.07, 6.45) is 2.82. The highest BCUT2D eigenvalue weighted by molar-refractivity contribution is 5.33. The Morgan fingerprint density at radius 3 is 3.00 bits per heavy atom. The van der Waals surface area contributed by atoms with Crippen LogP contribution in [0.15, 0.2) is 18.2 Å². The number of pyridine rings is 2. The van der Waals surface area contributed by atoms with E-state index in [0.717, 1.165) is 43.6 Å². The lowest BCUT2D eigenvalue weighted by molar-refractivity contribution is 0.240. The van der Waals surface area contributed by atoms with Crippen LogP contribution in [-0.2, 0) is 12.8 Å². The van der Waals surface area contributed by atoms with Crippen molar-refractivity contribution in [2.24, 2.45) is 5.92 Å². The van der Waals surface area contributed by atoms with Crippen LogP contribution in [0, 0.1) is 18.7 Å². The minimum atomic E-state index is -0.218. The maximum Gasteiger partial charge on any atom is 0.217 e. The Hall–Kier alpha value is -2.21. The van der Waals surface area contributed by atoms with Gasteiger partial charge in [-0.3, -0.25) is 4.90 Å². The van der Waals surface area contributed by atoms with Gasteiger partial charge < -0.3 is 9.47 Å². The quantitative estimate of drug-likeness (QED) is 0.805. The number of ether oxygens (including phenoxy) is 2. The lowest BCUT2D eigenvalue weighted by Gasteiger charge is -2.24. The SMILES string of the molecule is COc1cc(CC2CCN([C@@H](C)c3nc4c(cc3F)CCO4)C2)cc(C)n1. The van der Waals surface area contributed by atoms with E-state index in [0.29, 0.717) is 30.0 Å². The Morgan fingerprint density at radius 2 is 2.19 bits per heavy atom. The number of halogens is 1. The number of hydrogen-bond acceptors (Lipinski definition) is 5. The predicted octanol–water partition coefficient (Wildman–Crippen LogP) is 3.49. The molecule has 0 saturated carbocycles.